The number of hydrogen-bond acceptors (Lipinski definition) is 5. The van der Waals surface area contributed by atoms with E-state index in [-0.39, 0.29) is 12.4 Å². The van der Waals surface area contributed by atoms with Gasteiger partial charge >= 0.3 is 11.9 Å². The summed E-state index contributed by atoms with van der Waals surface area (Å²) in [5.41, 5.74) is 1.42. The van der Waals surface area contributed by atoms with E-state index in [1.54, 1.807) is 18.2 Å². The van der Waals surface area contributed by atoms with E-state index < -0.39 is 11.9 Å². The van der Waals surface area contributed by atoms with Crippen LogP contribution < -0.4 is 0 Å². The average molecular weight is 262 g/mol. The molecule has 100 valence electrons. The highest BCUT2D eigenvalue weighted by Crippen LogP contribution is 2.05. The molecule has 1 aromatic rings. The Morgan fingerprint density at radius 1 is 1.16 bits per heavy atom. The van der Waals surface area contributed by atoms with Crippen molar-refractivity contribution in [3.8, 4) is 0 Å². The lowest BCUT2D eigenvalue weighted by Gasteiger charge is -2.02. The molecule has 0 aliphatic carbocycles. The molecular weight excluding hydrogens is 248 g/mol. The number of ether oxygens (including phenoxy) is 2. The Balaban J connectivity index is 2.49. The molecule has 0 N–H and O–H groups in total. The van der Waals surface area contributed by atoms with Crippen molar-refractivity contribution in [2.45, 2.75) is 6.92 Å². The van der Waals surface area contributed by atoms with Crippen LogP contribution in [-0.2, 0) is 19.1 Å². The SMILES string of the molecule is COC(=O)/C=C/C(=O)OCC(=O)c1cccc(C)c1. The van der Waals surface area contributed by atoms with Crippen LogP contribution in [0.15, 0.2) is 36.4 Å². The Labute approximate surface area is 110 Å². The van der Waals surface area contributed by atoms with E-state index in [4.69, 9.17) is 4.74 Å². The molecule has 0 radical (unpaired) electrons. The first kappa shape index (κ1) is 14.6. The summed E-state index contributed by atoms with van der Waals surface area (Å²) < 4.78 is 9.02. The second kappa shape index (κ2) is 7.10. The topological polar surface area (TPSA) is 69.7 Å². The quantitative estimate of drug-likeness (QED) is 0.456. The Morgan fingerprint density at radius 3 is 2.47 bits per heavy atom. The number of hydrogen-bond donors (Lipinski definition) is 0. The van der Waals surface area contributed by atoms with E-state index in [0.717, 1.165) is 17.7 Å². The van der Waals surface area contributed by atoms with Crippen molar-refractivity contribution < 1.29 is 23.9 Å². The molecule has 0 heterocycles. The lowest BCUT2D eigenvalue weighted by Crippen LogP contribution is -2.13. The van der Waals surface area contributed by atoms with Gasteiger partial charge in [-0.15, -0.1) is 0 Å². The van der Waals surface area contributed by atoms with Gasteiger partial charge in [0.1, 0.15) is 0 Å². The number of Topliss-reactive ketones (excluding diaryl/α,β-unsaturated/α-hetero) is 1. The van der Waals surface area contributed by atoms with Gasteiger partial charge in [-0.3, -0.25) is 4.79 Å². The zero-order valence-corrected chi connectivity index (χ0v) is 10.7. The van der Waals surface area contributed by atoms with Crippen molar-refractivity contribution in [2.24, 2.45) is 0 Å². The molecule has 0 aromatic heterocycles. The molecule has 0 amide bonds. The fraction of sp³-hybridized carbons (Fsp3) is 0.214. The molecular formula is C14H14O5. The lowest BCUT2D eigenvalue weighted by atomic mass is 10.1. The second-order valence-corrected chi connectivity index (χ2v) is 3.76. The Hall–Kier alpha value is -2.43. The summed E-state index contributed by atoms with van der Waals surface area (Å²) in [7, 11) is 1.19. The van der Waals surface area contributed by atoms with Crippen molar-refractivity contribution in [1.82, 2.24) is 0 Å². The first-order valence-corrected chi connectivity index (χ1v) is 5.55. The van der Waals surface area contributed by atoms with Gasteiger partial charge in [0.25, 0.3) is 0 Å². The van der Waals surface area contributed by atoms with Crippen LogP contribution in [0.1, 0.15) is 15.9 Å². The number of ketones is 1. The van der Waals surface area contributed by atoms with Crippen LogP contribution in [0.2, 0.25) is 0 Å². The highest BCUT2D eigenvalue weighted by Gasteiger charge is 2.08. The largest absolute Gasteiger partial charge is 0.466 e. The van der Waals surface area contributed by atoms with Crippen LogP contribution in [0.4, 0.5) is 0 Å². The number of esters is 2. The molecule has 0 atom stereocenters. The zero-order valence-electron chi connectivity index (χ0n) is 10.7. The van der Waals surface area contributed by atoms with E-state index in [9.17, 15) is 14.4 Å². The van der Waals surface area contributed by atoms with E-state index in [0.29, 0.717) is 5.56 Å². The Kier molecular flexibility index (Phi) is 5.47. The molecule has 1 rings (SSSR count). The molecule has 0 bridgehead atoms. The summed E-state index contributed by atoms with van der Waals surface area (Å²) in [6, 6.07) is 6.97. The molecule has 0 aliphatic rings. The van der Waals surface area contributed by atoms with Gasteiger partial charge in [0.05, 0.1) is 7.11 Å². The normalized spacial score (nSPS) is 10.2. The number of methoxy groups -OCH3 is 1. The first-order chi connectivity index (χ1) is 9.02. The van der Waals surface area contributed by atoms with Crippen LogP contribution >= 0.6 is 0 Å². The van der Waals surface area contributed by atoms with Crippen molar-refractivity contribution in [3.05, 3.63) is 47.5 Å². The lowest BCUT2D eigenvalue weighted by molar-refractivity contribution is -0.138. The minimum Gasteiger partial charge on any atom is -0.466 e. The maximum atomic E-state index is 11.7. The van der Waals surface area contributed by atoms with E-state index in [1.807, 2.05) is 13.0 Å². The molecule has 0 spiro atoms. The van der Waals surface area contributed by atoms with Gasteiger partial charge in [-0.2, -0.15) is 0 Å². The smallest absolute Gasteiger partial charge is 0.331 e. The van der Waals surface area contributed by atoms with Crippen LogP contribution in [-0.4, -0.2) is 31.4 Å². The summed E-state index contributed by atoms with van der Waals surface area (Å²) in [4.78, 5) is 33.6. The van der Waals surface area contributed by atoms with Crippen LogP contribution in [0.5, 0.6) is 0 Å². The minimum absolute atomic E-state index is 0.302. The summed E-state index contributed by atoms with van der Waals surface area (Å²) >= 11 is 0. The first-order valence-electron chi connectivity index (χ1n) is 5.55. The van der Waals surface area contributed by atoms with Crippen molar-refractivity contribution in [1.29, 1.82) is 0 Å². The fourth-order valence-corrected chi connectivity index (χ4v) is 1.29. The predicted octanol–water partition coefficient (Wildman–Crippen LogP) is 1.45. The third-order valence-electron chi connectivity index (χ3n) is 2.24. The maximum absolute atomic E-state index is 11.7. The molecule has 0 fully saturated rings. The van der Waals surface area contributed by atoms with Gasteiger partial charge in [0, 0.05) is 17.7 Å². The standard InChI is InChI=1S/C14H14O5/c1-10-4-3-5-11(8-10)12(15)9-19-14(17)7-6-13(16)18-2/h3-8H,9H2,1-2H3/b7-6+. The summed E-state index contributed by atoms with van der Waals surface area (Å²) in [6.45, 7) is 1.50. The van der Waals surface area contributed by atoms with Crippen molar-refractivity contribution in [2.75, 3.05) is 13.7 Å². The number of benzene rings is 1. The number of carbonyl (C=O) groups excluding carboxylic acids is 3. The predicted molar refractivity (Wildman–Crippen MR) is 67.6 cm³/mol. The monoisotopic (exact) mass is 262 g/mol. The van der Waals surface area contributed by atoms with E-state index >= 15 is 0 Å². The third-order valence-corrected chi connectivity index (χ3v) is 2.24. The molecule has 0 saturated carbocycles. The Morgan fingerprint density at radius 2 is 1.84 bits per heavy atom. The van der Waals surface area contributed by atoms with Gasteiger partial charge < -0.3 is 9.47 Å². The van der Waals surface area contributed by atoms with Crippen molar-refractivity contribution >= 4 is 17.7 Å². The van der Waals surface area contributed by atoms with E-state index in [1.165, 1.54) is 7.11 Å². The summed E-state index contributed by atoms with van der Waals surface area (Å²) in [5.74, 6) is -1.74. The molecule has 19 heavy (non-hydrogen) atoms. The number of carbonyl (C=O) groups is 3. The van der Waals surface area contributed by atoms with Crippen molar-refractivity contribution in [3.63, 3.8) is 0 Å². The molecule has 0 unspecified atom stereocenters. The highest BCUT2D eigenvalue weighted by molar-refractivity contribution is 5.99. The Bertz CT molecular complexity index is 516. The van der Waals surface area contributed by atoms with Crippen LogP contribution in [0.25, 0.3) is 0 Å². The summed E-state index contributed by atoms with van der Waals surface area (Å²) in [6.07, 6.45) is 1.84. The van der Waals surface area contributed by atoms with Gasteiger partial charge in [0.15, 0.2) is 12.4 Å². The second-order valence-electron chi connectivity index (χ2n) is 3.76. The van der Waals surface area contributed by atoms with E-state index in [2.05, 4.69) is 4.74 Å². The van der Waals surface area contributed by atoms with Gasteiger partial charge in [-0.1, -0.05) is 23.8 Å². The minimum atomic E-state index is -0.772. The summed E-state index contributed by atoms with van der Waals surface area (Å²) in [5, 5.41) is 0. The van der Waals surface area contributed by atoms with Gasteiger partial charge in [-0.05, 0) is 13.0 Å². The fourth-order valence-electron chi connectivity index (χ4n) is 1.29. The average Bonchev–Trinajstić information content (AvgIpc) is 2.41. The third kappa shape index (κ3) is 5.16. The maximum Gasteiger partial charge on any atom is 0.331 e. The van der Waals surface area contributed by atoms with Gasteiger partial charge in [-0.25, -0.2) is 9.59 Å². The van der Waals surface area contributed by atoms with Gasteiger partial charge in [0.2, 0.25) is 0 Å². The molecule has 1 aromatic carbocycles. The number of aryl methyl sites for hydroxylation is 1. The van der Waals surface area contributed by atoms with Crippen LogP contribution in [0.3, 0.4) is 0 Å². The molecule has 5 nitrogen and oxygen atoms in total. The zero-order chi connectivity index (χ0) is 14.3. The molecule has 0 saturated heterocycles. The molecule has 5 heteroatoms. The van der Waals surface area contributed by atoms with Crippen LogP contribution in [0, 0.1) is 6.92 Å². The highest BCUT2D eigenvalue weighted by atomic mass is 16.5. The number of rotatable bonds is 5. The molecule has 0 aliphatic heterocycles.